The molecule has 1 aliphatic rings. The van der Waals surface area contributed by atoms with E-state index >= 15 is 0 Å². The van der Waals surface area contributed by atoms with Crippen molar-refractivity contribution in [3.8, 4) is 0 Å². The van der Waals surface area contributed by atoms with E-state index in [1.165, 1.54) is 0 Å². The first-order valence-electron chi connectivity index (χ1n) is 4.60. The van der Waals surface area contributed by atoms with E-state index in [0.717, 1.165) is 19.4 Å². The molecule has 1 saturated heterocycles. The molecule has 0 saturated carbocycles. The van der Waals surface area contributed by atoms with Gasteiger partial charge in [-0.1, -0.05) is 20.8 Å². The monoisotopic (exact) mass is 157 g/mol. The molecule has 2 nitrogen and oxygen atoms in total. The van der Waals surface area contributed by atoms with E-state index in [1.54, 1.807) is 0 Å². The summed E-state index contributed by atoms with van der Waals surface area (Å²) >= 11 is 0. The van der Waals surface area contributed by atoms with Gasteiger partial charge in [-0.25, -0.2) is 0 Å². The number of ketones is 1. The molecule has 1 unspecified atom stereocenters. The number of Topliss-reactive ketones (excluding diaryl/α,β-unsaturated/α-hetero) is 1. The van der Waals surface area contributed by atoms with Crippen molar-refractivity contribution in [2.45, 2.75) is 46.1 Å². The Labute approximate surface area is 69.4 Å². The highest BCUT2D eigenvalue weighted by Gasteiger charge is 2.19. The van der Waals surface area contributed by atoms with Crippen LogP contribution in [0.25, 0.3) is 0 Å². The summed E-state index contributed by atoms with van der Waals surface area (Å²) in [4.78, 5) is 11.0. The van der Waals surface area contributed by atoms with Gasteiger partial charge in [-0.15, -0.1) is 0 Å². The average Bonchev–Trinajstić information content (AvgIpc) is 2.59. The molecule has 0 radical (unpaired) electrons. The normalized spacial score (nSPS) is 22.3. The van der Waals surface area contributed by atoms with Crippen molar-refractivity contribution in [1.82, 2.24) is 5.32 Å². The van der Waals surface area contributed by atoms with Gasteiger partial charge in [0.1, 0.15) is 5.78 Å². The van der Waals surface area contributed by atoms with E-state index in [2.05, 4.69) is 5.32 Å². The van der Waals surface area contributed by atoms with Gasteiger partial charge in [0.25, 0.3) is 0 Å². The summed E-state index contributed by atoms with van der Waals surface area (Å²) < 4.78 is 0. The highest BCUT2D eigenvalue weighted by molar-refractivity contribution is 5.83. The van der Waals surface area contributed by atoms with Gasteiger partial charge in [0.05, 0.1) is 6.04 Å². The molecule has 0 aromatic carbocycles. The van der Waals surface area contributed by atoms with Crippen LogP contribution in [-0.2, 0) is 4.79 Å². The predicted octanol–water partition coefficient (Wildman–Crippen LogP) is 1.74. The molecule has 0 amide bonds. The Morgan fingerprint density at radius 3 is 2.55 bits per heavy atom. The smallest absolute Gasteiger partial charge is 0.149 e. The predicted molar refractivity (Wildman–Crippen MR) is 47.7 cm³/mol. The maximum Gasteiger partial charge on any atom is 0.149 e. The van der Waals surface area contributed by atoms with Crippen LogP contribution in [0, 0.1) is 0 Å². The van der Waals surface area contributed by atoms with E-state index < -0.39 is 0 Å². The molecule has 0 bridgehead atoms. The third-order valence-corrected chi connectivity index (χ3v) is 1.80. The molecule has 66 valence electrons. The Kier molecular flexibility index (Phi) is 6.13. The van der Waals surface area contributed by atoms with Crippen molar-refractivity contribution < 1.29 is 4.79 Å². The summed E-state index contributed by atoms with van der Waals surface area (Å²) in [6, 6.07) is 0.190. The number of carbonyl (C=O) groups excluding carboxylic acids is 1. The second kappa shape index (κ2) is 6.35. The molecule has 1 atom stereocenters. The molecule has 1 aliphatic heterocycles. The van der Waals surface area contributed by atoms with Crippen LogP contribution < -0.4 is 5.32 Å². The molecule has 0 aliphatic carbocycles. The summed E-state index contributed by atoms with van der Waals surface area (Å²) in [5, 5.41) is 3.16. The molecule has 2 heteroatoms. The minimum Gasteiger partial charge on any atom is -0.307 e. The van der Waals surface area contributed by atoms with Crippen molar-refractivity contribution in [3.63, 3.8) is 0 Å². The van der Waals surface area contributed by atoms with E-state index in [1.807, 2.05) is 20.8 Å². The Morgan fingerprint density at radius 1 is 1.55 bits per heavy atom. The Balaban J connectivity index is 0.000000461. The van der Waals surface area contributed by atoms with Gasteiger partial charge in [0.2, 0.25) is 0 Å². The largest absolute Gasteiger partial charge is 0.307 e. The van der Waals surface area contributed by atoms with Crippen LogP contribution in [0.3, 0.4) is 0 Å². The van der Waals surface area contributed by atoms with Gasteiger partial charge in [0.15, 0.2) is 0 Å². The number of rotatable bonds is 2. The highest BCUT2D eigenvalue weighted by atomic mass is 16.1. The summed E-state index contributed by atoms with van der Waals surface area (Å²) in [7, 11) is 0. The lowest BCUT2D eigenvalue weighted by Gasteiger charge is -2.04. The third-order valence-electron chi connectivity index (χ3n) is 1.80. The minimum absolute atomic E-state index is 0.190. The zero-order valence-electron chi connectivity index (χ0n) is 7.81. The van der Waals surface area contributed by atoms with E-state index in [-0.39, 0.29) is 6.04 Å². The molecule has 0 spiro atoms. The molecule has 11 heavy (non-hydrogen) atoms. The fourth-order valence-electron chi connectivity index (χ4n) is 1.21. The second-order valence-corrected chi connectivity index (χ2v) is 2.47. The average molecular weight is 157 g/mol. The van der Waals surface area contributed by atoms with Gasteiger partial charge < -0.3 is 5.32 Å². The minimum atomic E-state index is 0.190. The van der Waals surface area contributed by atoms with E-state index in [0.29, 0.717) is 12.2 Å². The van der Waals surface area contributed by atoms with Crippen LogP contribution in [0.2, 0.25) is 0 Å². The number of carbonyl (C=O) groups is 1. The van der Waals surface area contributed by atoms with Crippen molar-refractivity contribution in [2.75, 3.05) is 6.54 Å². The van der Waals surface area contributed by atoms with Crippen molar-refractivity contribution in [1.29, 1.82) is 0 Å². The van der Waals surface area contributed by atoms with Gasteiger partial charge in [-0.05, 0) is 19.4 Å². The van der Waals surface area contributed by atoms with Gasteiger partial charge in [0, 0.05) is 6.42 Å². The van der Waals surface area contributed by atoms with E-state index in [9.17, 15) is 4.79 Å². The third kappa shape index (κ3) is 3.51. The fourth-order valence-corrected chi connectivity index (χ4v) is 1.21. The van der Waals surface area contributed by atoms with Crippen LogP contribution in [0.5, 0.6) is 0 Å². The molecule has 1 N–H and O–H groups in total. The van der Waals surface area contributed by atoms with Gasteiger partial charge in [-0.3, -0.25) is 4.79 Å². The Hall–Kier alpha value is -0.370. The molecule has 1 fully saturated rings. The lowest BCUT2D eigenvalue weighted by molar-refractivity contribution is -0.120. The van der Waals surface area contributed by atoms with Crippen molar-refractivity contribution >= 4 is 5.78 Å². The van der Waals surface area contributed by atoms with Gasteiger partial charge in [-0.2, -0.15) is 0 Å². The molecule has 1 heterocycles. The lowest BCUT2D eigenvalue weighted by Crippen LogP contribution is -2.29. The molecule has 0 aromatic rings. The van der Waals surface area contributed by atoms with Crippen LogP contribution in [0.15, 0.2) is 0 Å². The topological polar surface area (TPSA) is 29.1 Å². The maximum absolute atomic E-state index is 11.0. The maximum atomic E-state index is 11.0. The van der Waals surface area contributed by atoms with Crippen LogP contribution in [-0.4, -0.2) is 18.4 Å². The van der Waals surface area contributed by atoms with Crippen LogP contribution >= 0.6 is 0 Å². The molecule has 1 rings (SSSR count). The van der Waals surface area contributed by atoms with Crippen molar-refractivity contribution in [3.05, 3.63) is 0 Å². The first-order chi connectivity index (χ1) is 5.34. The highest BCUT2D eigenvalue weighted by Crippen LogP contribution is 2.06. The summed E-state index contributed by atoms with van der Waals surface area (Å²) in [6.45, 7) is 6.94. The fraction of sp³-hybridized carbons (Fsp3) is 0.889. The number of hydrogen-bond donors (Lipinski definition) is 1. The van der Waals surface area contributed by atoms with Crippen molar-refractivity contribution in [2.24, 2.45) is 0 Å². The second-order valence-electron chi connectivity index (χ2n) is 2.47. The standard InChI is InChI=1S/C7H13NO.C2H6/c1-2-7(9)6-4-3-5-8-6;1-2/h6,8H,2-5H2,1H3;1-2H3. The summed E-state index contributed by atoms with van der Waals surface area (Å²) in [6.07, 6.45) is 2.89. The van der Waals surface area contributed by atoms with Gasteiger partial charge >= 0.3 is 0 Å². The quantitative estimate of drug-likeness (QED) is 0.661. The van der Waals surface area contributed by atoms with Crippen LogP contribution in [0.1, 0.15) is 40.0 Å². The molecular weight excluding hydrogens is 138 g/mol. The Bertz CT molecular complexity index is 106. The van der Waals surface area contributed by atoms with Crippen LogP contribution in [0.4, 0.5) is 0 Å². The molecule has 0 aromatic heterocycles. The zero-order chi connectivity index (χ0) is 8.69. The Morgan fingerprint density at radius 2 is 2.18 bits per heavy atom. The summed E-state index contributed by atoms with van der Waals surface area (Å²) in [5.74, 6) is 0.368. The number of nitrogens with one attached hydrogen (secondary N) is 1. The SMILES string of the molecule is CC.CCC(=O)C1CCCN1. The lowest BCUT2D eigenvalue weighted by atomic mass is 10.1. The number of hydrogen-bond acceptors (Lipinski definition) is 2. The van der Waals surface area contributed by atoms with E-state index in [4.69, 9.17) is 0 Å². The zero-order valence-corrected chi connectivity index (χ0v) is 7.81. The summed E-state index contributed by atoms with van der Waals surface area (Å²) in [5.41, 5.74) is 0. The first kappa shape index (κ1) is 10.6. The first-order valence-corrected chi connectivity index (χ1v) is 4.60. The molecular formula is C9H19NO.